The molecule has 2 atom stereocenters. The van der Waals surface area contributed by atoms with Gasteiger partial charge in [-0.3, -0.25) is 14.8 Å². The van der Waals surface area contributed by atoms with Gasteiger partial charge < -0.3 is 5.32 Å². The maximum atomic E-state index is 11.7. The predicted octanol–water partition coefficient (Wildman–Crippen LogP) is 1.22. The van der Waals surface area contributed by atoms with Gasteiger partial charge in [-0.05, 0) is 26.3 Å². The van der Waals surface area contributed by atoms with Gasteiger partial charge in [-0.15, -0.1) is 10.2 Å². The van der Waals surface area contributed by atoms with Crippen LogP contribution in [0, 0.1) is 6.92 Å². The van der Waals surface area contributed by atoms with E-state index in [-0.39, 0.29) is 24.5 Å². The predicted molar refractivity (Wildman–Crippen MR) is 77.7 cm³/mol. The summed E-state index contributed by atoms with van der Waals surface area (Å²) < 4.78 is 1.90. The fourth-order valence-electron chi connectivity index (χ4n) is 1.70. The van der Waals surface area contributed by atoms with E-state index < -0.39 is 0 Å². The minimum Gasteiger partial charge on any atom is -0.304 e. The number of carbonyl (C=O) groups excluding carboxylic acids is 1. The summed E-state index contributed by atoms with van der Waals surface area (Å²) in [5, 5.41) is 18.1. The van der Waals surface area contributed by atoms with Crippen LogP contribution in [0.15, 0.2) is 17.9 Å². The molecule has 0 fully saturated rings. The molecule has 20 heavy (non-hydrogen) atoms. The molecular formula is C12H18N6OS. The van der Waals surface area contributed by atoms with Crippen molar-refractivity contribution in [3.63, 3.8) is 0 Å². The smallest absolute Gasteiger partial charge is 0.240 e. The zero-order valence-electron chi connectivity index (χ0n) is 11.7. The molecule has 8 heteroatoms. The Bertz CT molecular complexity index is 552. The van der Waals surface area contributed by atoms with Crippen LogP contribution in [-0.4, -0.2) is 38.5 Å². The van der Waals surface area contributed by atoms with Gasteiger partial charge in [0, 0.05) is 12.2 Å². The standard InChI is InChI=1S/C12H18N6OS/c1-8-4-15-18(6-8)10(3)9(2)13-5-11(19)16-12-17-14-7-20-12/h4,6-7,9-10,13H,5H2,1-3H3,(H,16,17,19)/t9-,10-/m1/s1. The molecule has 0 aliphatic carbocycles. The zero-order valence-corrected chi connectivity index (χ0v) is 12.5. The van der Waals surface area contributed by atoms with Crippen LogP contribution in [0.1, 0.15) is 25.5 Å². The molecule has 7 nitrogen and oxygen atoms in total. The first-order valence-corrected chi connectivity index (χ1v) is 7.24. The van der Waals surface area contributed by atoms with Crippen molar-refractivity contribution < 1.29 is 4.79 Å². The molecule has 0 aliphatic rings. The van der Waals surface area contributed by atoms with E-state index in [0.29, 0.717) is 5.13 Å². The van der Waals surface area contributed by atoms with E-state index >= 15 is 0 Å². The lowest BCUT2D eigenvalue weighted by Crippen LogP contribution is -2.39. The third-order valence-corrected chi connectivity index (χ3v) is 3.67. The Balaban J connectivity index is 1.79. The first kappa shape index (κ1) is 14.6. The molecule has 0 saturated carbocycles. The lowest BCUT2D eigenvalue weighted by molar-refractivity contribution is -0.115. The highest BCUT2D eigenvalue weighted by molar-refractivity contribution is 7.13. The summed E-state index contributed by atoms with van der Waals surface area (Å²) in [5.41, 5.74) is 2.70. The molecule has 0 saturated heterocycles. The number of nitrogens with one attached hydrogen (secondary N) is 2. The molecule has 0 unspecified atom stereocenters. The van der Waals surface area contributed by atoms with Crippen molar-refractivity contribution in [3.8, 4) is 0 Å². The molecule has 0 bridgehead atoms. The quantitative estimate of drug-likeness (QED) is 0.837. The number of carbonyl (C=O) groups is 1. The van der Waals surface area contributed by atoms with Gasteiger partial charge in [-0.1, -0.05) is 11.3 Å². The van der Waals surface area contributed by atoms with Crippen molar-refractivity contribution in [2.24, 2.45) is 0 Å². The highest BCUT2D eigenvalue weighted by atomic mass is 32.1. The van der Waals surface area contributed by atoms with E-state index in [0.717, 1.165) is 5.56 Å². The average molecular weight is 294 g/mol. The number of nitrogens with zero attached hydrogens (tertiary/aromatic N) is 4. The summed E-state index contributed by atoms with van der Waals surface area (Å²) in [5.74, 6) is -0.127. The Morgan fingerprint density at radius 2 is 2.30 bits per heavy atom. The van der Waals surface area contributed by atoms with Crippen molar-refractivity contribution >= 4 is 22.4 Å². The van der Waals surface area contributed by atoms with E-state index in [9.17, 15) is 4.79 Å². The summed E-state index contributed by atoms with van der Waals surface area (Å²) in [4.78, 5) is 11.7. The highest BCUT2D eigenvalue weighted by Crippen LogP contribution is 2.11. The lowest BCUT2D eigenvalue weighted by Gasteiger charge is -2.21. The zero-order chi connectivity index (χ0) is 14.5. The highest BCUT2D eigenvalue weighted by Gasteiger charge is 2.15. The van der Waals surface area contributed by atoms with E-state index in [1.807, 2.05) is 30.9 Å². The molecule has 0 radical (unpaired) electrons. The summed E-state index contributed by atoms with van der Waals surface area (Å²) in [7, 11) is 0. The maximum absolute atomic E-state index is 11.7. The number of hydrogen-bond donors (Lipinski definition) is 2. The Morgan fingerprint density at radius 1 is 1.50 bits per heavy atom. The molecule has 2 rings (SSSR count). The number of rotatable bonds is 6. The molecule has 2 N–H and O–H groups in total. The van der Waals surface area contributed by atoms with Gasteiger partial charge >= 0.3 is 0 Å². The van der Waals surface area contributed by atoms with Crippen LogP contribution in [0.3, 0.4) is 0 Å². The van der Waals surface area contributed by atoms with E-state index in [1.165, 1.54) is 11.3 Å². The van der Waals surface area contributed by atoms with Crippen LogP contribution in [0.4, 0.5) is 5.13 Å². The third-order valence-electron chi connectivity index (χ3n) is 3.06. The van der Waals surface area contributed by atoms with Gasteiger partial charge in [0.1, 0.15) is 5.51 Å². The van der Waals surface area contributed by atoms with Crippen LogP contribution in [0.5, 0.6) is 0 Å². The van der Waals surface area contributed by atoms with Crippen LogP contribution in [0.25, 0.3) is 0 Å². The molecule has 0 aliphatic heterocycles. The minimum absolute atomic E-state index is 0.120. The van der Waals surface area contributed by atoms with Crippen molar-refractivity contribution in [3.05, 3.63) is 23.5 Å². The molecule has 0 aromatic carbocycles. The normalized spacial score (nSPS) is 13.9. The molecular weight excluding hydrogens is 276 g/mol. The number of aryl methyl sites for hydroxylation is 1. The second-order valence-corrected chi connectivity index (χ2v) is 5.53. The van der Waals surface area contributed by atoms with Crippen LogP contribution < -0.4 is 10.6 Å². The van der Waals surface area contributed by atoms with E-state index in [4.69, 9.17) is 0 Å². The molecule has 0 spiro atoms. The lowest BCUT2D eigenvalue weighted by atomic mass is 10.2. The van der Waals surface area contributed by atoms with Crippen LogP contribution >= 0.6 is 11.3 Å². The van der Waals surface area contributed by atoms with Crippen molar-refractivity contribution in [1.29, 1.82) is 0 Å². The summed E-state index contributed by atoms with van der Waals surface area (Å²) in [6, 6.07) is 0.285. The summed E-state index contributed by atoms with van der Waals surface area (Å²) in [6.07, 6.45) is 3.82. The minimum atomic E-state index is -0.127. The van der Waals surface area contributed by atoms with Gasteiger partial charge in [0.25, 0.3) is 0 Å². The monoisotopic (exact) mass is 294 g/mol. The molecule has 2 heterocycles. The molecule has 2 aromatic heterocycles. The van der Waals surface area contributed by atoms with Crippen molar-refractivity contribution in [2.45, 2.75) is 32.9 Å². The van der Waals surface area contributed by atoms with Gasteiger partial charge in [-0.25, -0.2) is 0 Å². The fraction of sp³-hybridized carbons (Fsp3) is 0.500. The maximum Gasteiger partial charge on any atom is 0.240 e. The van der Waals surface area contributed by atoms with Crippen molar-refractivity contribution in [2.75, 3.05) is 11.9 Å². The van der Waals surface area contributed by atoms with E-state index in [2.05, 4.69) is 32.9 Å². The SMILES string of the molecule is Cc1cnn([C@H](C)[C@@H](C)NCC(=O)Nc2nncs2)c1. The average Bonchev–Trinajstić information content (AvgIpc) is 3.06. The van der Waals surface area contributed by atoms with Gasteiger partial charge in [-0.2, -0.15) is 5.10 Å². The molecule has 2 aromatic rings. The topological polar surface area (TPSA) is 84.7 Å². The second-order valence-electron chi connectivity index (χ2n) is 4.70. The van der Waals surface area contributed by atoms with Gasteiger partial charge in [0.05, 0.1) is 18.8 Å². The van der Waals surface area contributed by atoms with E-state index in [1.54, 1.807) is 5.51 Å². The number of anilines is 1. The number of hydrogen-bond acceptors (Lipinski definition) is 6. The van der Waals surface area contributed by atoms with Crippen LogP contribution in [0.2, 0.25) is 0 Å². The fourth-order valence-corrected chi connectivity index (χ4v) is 2.16. The molecule has 108 valence electrons. The third kappa shape index (κ3) is 3.84. The Morgan fingerprint density at radius 3 is 2.90 bits per heavy atom. The Kier molecular flexibility index (Phi) is 4.80. The van der Waals surface area contributed by atoms with Crippen molar-refractivity contribution in [1.82, 2.24) is 25.3 Å². The second kappa shape index (κ2) is 6.58. The largest absolute Gasteiger partial charge is 0.304 e. The van der Waals surface area contributed by atoms with Crippen LogP contribution in [-0.2, 0) is 4.79 Å². The summed E-state index contributed by atoms with van der Waals surface area (Å²) in [6.45, 7) is 6.32. The first-order chi connectivity index (χ1) is 9.56. The Labute approximate surface area is 121 Å². The summed E-state index contributed by atoms with van der Waals surface area (Å²) >= 11 is 1.30. The molecule has 1 amide bonds. The van der Waals surface area contributed by atoms with Gasteiger partial charge in [0.2, 0.25) is 11.0 Å². The first-order valence-electron chi connectivity index (χ1n) is 6.36. The van der Waals surface area contributed by atoms with Gasteiger partial charge in [0.15, 0.2) is 0 Å². The Hall–Kier alpha value is -1.80. The number of amides is 1. The number of aromatic nitrogens is 4.